The van der Waals surface area contributed by atoms with Gasteiger partial charge in [-0.25, -0.2) is 4.39 Å². The molecular weight excluding hydrogens is 341 g/mol. The summed E-state index contributed by atoms with van der Waals surface area (Å²) >= 11 is 1.56. The molecule has 25 heavy (non-hydrogen) atoms. The van der Waals surface area contributed by atoms with Crippen LogP contribution in [0.15, 0.2) is 33.8 Å². The van der Waals surface area contributed by atoms with Crippen molar-refractivity contribution >= 4 is 11.8 Å². The molecule has 8 heteroatoms. The number of aromatic nitrogens is 5. The van der Waals surface area contributed by atoms with Gasteiger partial charge in [0.05, 0.1) is 5.25 Å². The molecule has 0 N–H and O–H groups in total. The summed E-state index contributed by atoms with van der Waals surface area (Å²) in [5, 5.41) is 17.7. The Hall–Kier alpha value is -2.22. The van der Waals surface area contributed by atoms with Crippen molar-refractivity contribution in [2.75, 3.05) is 0 Å². The third-order valence-corrected chi connectivity index (χ3v) is 5.23. The summed E-state index contributed by atoms with van der Waals surface area (Å²) in [5.41, 5.74) is 0.699. The maximum atomic E-state index is 13.0. The first kappa shape index (κ1) is 16.3. The van der Waals surface area contributed by atoms with Gasteiger partial charge in [-0.3, -0.25) is 0 Å². The Morgan fingerprint density at radius 1 is 1.20 bits per heavy atom. The van der Waals surface area contributed by atoms with E-state index in [1.165, 1.54) is 25.0 Å². The lowest BCUT2D eigenvalue weighted by molar-refractivity contribution is 0.508. The van der Waals surface area contributed by atoms with E-state index in [9.17, 15) is 4.39 Å². The molecule has 1 aliphatic rings. The zero-order valence-corrected chi connectivity index (χ0v) is 14.8. The van der Waals surface area contributed by atoms with Crippen LogP contribution in [0.5, 0.6) is 0 Å². The van der Waals surface area contributed by atoms with Gasteiger partial charge < -0.3 is 8.98 Å². The zero-order valence-electron chi connectivity index (χ0n) is 14.0. The van der Waals surface area contributed by atoms with Gasteiger partial charge in [0.15, 0.2) is 5.16 Å². The summed E-state index contributed by atoms with van der Waals surface area (Å²) < 4.78 is 21.0. The summed E-state index contributed by atoms with van der Waals surface area (Å²) in [6.07, 6.45) is 2.39. The predicted octanol–water partition coefficient (Wildman–Crippen LogP) is 4.22. The lowest BCUT2D eigenvalue weighted by Gasteiger charge is -2.09. The van der Waals surface area contributed by atoms with Gasteiger partial charge in [0.25, 0.3) is 0 Å². The van der Waals surface area contributed by atoms with E-state index in [1.807, 2.05) is 6.92 Å². The summed E-state index contributed by atoms with van der Waals surface area (Å²) in [5.74, 6) is 2.25. The SMILES string of the molecule is CCn1c(S[C@H](C)c2nnc(-c3ccc(F)cc3)o2)nnc1C1CC1. The Balaban J connectivity index is 1.52. The molecule has 1 aliphatic carbocycles. The number of hydrogen-bond donors (Lipinski definition) is 0. The fourth-order valence-electron chi connectivity index (χ4n) is 2.64. The van der Waals surface area contributed by atoms with Crippen LogP contribution in [0, 0.1) is 5.82 Å². The van der Waals surface area contributed by atoms with Crippen molar-refractivity contribution in [1.82, 2.24) is 25.0 Å². The van der Waals surface area contributed by atoms with Crippen LogP contribution in [0.1, 0.15) is 49.6 Å². The van der Waals surface area contributed by atoms with E-state index in [1.54, 1.807) is 23.9 Å². The third-order valence-electron chi connectivity index (χ3n) is 4.17. The second-order valence-electron chi connectivity index (χ2n) is 6.07. The monoisotopic (exact) mass is 359 g/mol. The van der Waals surface area contributed by atoms with Gasteiger partial charge in [0, 0.05) is 18.0 Å². The fourth-order valence-corrected chi connectivity index (χ4v) is 3.59. The molecule has 6 nitrogen and oxygen atoms in total. The Morgan fingerprint density at radius 2 is 1.96 bits per heavy atom. The zero-order chi connectivity index (χ0) is 17.4. The van der Waals surface area contributed by atoms with Crippen LogP contribution in [0.25, 0.3) is 11.5 Å². The average molecular weight is 359 g/mol. The van der Waals surface area contributed by atoms with Crippen LogP contribution in [-0.4, -0.2) is 25.0 Å². The standard InChI is InChI=1S/C17H18FN5OS/c1-3-23-14(11-4-5-11)19-22-17(23)25-10(2)15-20-21-16(24-15)12-6-8-13(18)9-7-12/h6-11H,3-5H2,1-2H3/t10-/m1/s1. The summed E-state index contributed by atoms with van der Waals surface area (Å²) in [4.78, 5) is 0. The number of rotatable bonds is 6. The molecule has 2 heterocycles. The van der Waals surface area contributed by atoms with E-state index in [0.717, 1.165) is 17.5 Å². The number of nitrogens with zero attached hydrogens (tertiary/aromatic N) is 5. The fraction of sp³-hybridized carbons (Fsp3) is 0.412. The Labute approximate surface area is 148 Å². The molecular formula is C17H18FN5OS. The molecule has 3 aromatic rings. The molecule has 2 aromatic heterocycles. The van der Waals surface area contributed by atoms with Crippen molar-refractivity contribution in [3.8, 4) is 11.5 Å². The first-order valence-corrected chi connectivity index (χ1v) is 9.22. The third kappa shape index (κ3) is 3.30. The Bertz CT molecular complexity index is 872. The highest BCUT2D eigenvalue weighted by Gasteiger charge is 2.30. The predicted molar refractivity (Wildman–Crippen MR) is 91.6 cm³/mol. The molecule has 1 atom stereocenters. The molecule has 0 unspecified atom stereocenters. The Morgan fingerprint density at radius 3 is 2.64 bits per heavy atom. The van der Waals surface area contributed by atoms with Crippen molar-refractivity contribution in [2.24, 2.45) is 0 Å². The van der Waals surface area contributed by atoms with Crippen LogP contribution in [0.3, 0.4) is 0 Å². The highest BCUT2D eigenvalue weighted by molar-refractivity contribution is 7.99. The van der Waals surface area contributed by atoms with E-state index >= 15 is 0 Å². The lowest BCUT2D eigenvalue weighted by atomic mass is 10.2. The quantitative estimate of drug-likeness (QED) is 0.614. The van der Waals surface area contributed by atoms with E-state index < -0.39 is 0 Å². The maximum absolute atomic E-state index is 13.0. The minimum Gasteiger partial charge on any atom is -0.419 e. The highest BCUT2D eigenvalue weighted by Crippen LogP contribution is 2.41. The Kier molecular flexibility index (Phi) is 4.29. The van der Waals surface area contributed by atoms with Crippen molar-refractivity contribution in [1.29, 1.82) is 0 Å². The van der Waals surface area contributed by atoms with E-state index in [-0.39, 0.29) is 11.1 Å². The highest BCUT2D eigenvalue weighted by atomic mass is 32.2. The number of halogens is 1. The van der Waals surface area contributed by atoms with Gasteiger partial charge in [-0.2, -0.15) is 0 Å². The van der Waals surface area contributed by atoms with Gasteiger partial charge in [0.2, 0.25) is 11.8 Å². The van der Waals surface area contributed by atoms with E-state index in [4.69, 9.17) is 4.42 Å². The molecule has 4 rings (SSSR count). The number of thioether (sulfide) groups is 1. The van der Waals surface area contributed by atoms with Crippen LogP contribution < -0.4 is 0 Å². The summed E-state index contributed by atoms with van der Waals surface area (Å²) in [6, 6.07) is 6.00. The van der Waals surface area contributed by atoms with Gasteiger partial charge in [-0.15, -0.1) is 20.4 Å². The maximum Gasteiger partial charge on any atom is 0.247 e. The first-order chi connectivity index (χ1) is 12.2. The molecule has 1 saturated carbocycles. The molecule has 1 fully saturated rings. The van der Waals surface area contributed by atoms with Crippen LogP contribution in [0.4, 0.5) is 4.39 Å². The molecule has 0 amide bonds. The molecule has 0 bridgehead atoms. The van der Waals surface area contributed by atoms with E-state index in [0.29, 0.717) is 23.3 Å². The molecule has 0 spiro atoms. The molecule has 130 valence electrons. The number of benzene rings is 1. The van der Waals surface area contributed by atoms with Crippen molar-refractivity contribution in [3.05, 3.63) is 41.8 Å². The topological polar surface area (TPSA) is 69.6 Å². The average Bonchev–Trinajstić information content (AvgIpc) is 3.19. The van der Waals surface area contributed by atoms with Gasteiger partial charge >= 0.3 is 0 Å². The first-order valence-electron chi connectivity index (χ1n) is 8.34. The van der Waals surface area contributed by atoms with Crippen LogP contribution >= 0.6 is 11.8 Å². The molecule has 0 aliphatic heterocycles. The normalized spacial score (nSPS) is 15.5. The van der Waals surface area contributed by atoms with Crippen molar-refractivity contribution < 1.29 is 8.81 Å². The molecule has 1 aromatic carbocycles. The van der Waals surface area contributed by atoms with Crippen molar-refractivity contribution in [2.45, 2.75) is 49.6 Å². The van der Waals surface area contributed by atoms with E-state index in [2.05, 4.69) is 31.9 Å². The number of hydrogen-bond acceptors (Lipinski definition) is 6. The second-order valence-corrected chi connectivity index (χ2v) is 7.38. The van der Waals surface area contributed by atoms with Gasteiger partial charge in [0.1, 0.15) is 11.6 Å². The minimum absolute atomic E-state index is 0.0525. The van der Waals surface area contributed by atoms with Crippen molar-refractivity contribution in [3.63, 3.8) is 0 Å². The minimum atomic E-state index is -0.294. The second kappa shape index (κ2) is 6.59. The summed E-state index contributed by atoms with van der Waals surface area (Å²) in [6.45, 7) is 4.94. The van der Waals surface area contributed by atoms with Gasteiger partial charge in [-0.1, -0.05) is 11.8 Å². The lowest BCUT2D eigenvalue weighted by Crippen LogP contribution is -2.02. The largest absolute Gasteiger partial charge is 0.419 e. The smallest absolute Gasteiger partial charge is 0.247 e. The molecule has 0 radical (unpaired) electrons. The molecule has 0 saturated heterocycles. The summed E-state index contributed by atoms with van der Waals surface area (Å²) in [7, 11) is 0. The van der Waals surface area contributed by atoms with Gasteiger partial charge in [-0.05, 0) is 51.0 Å². The van der Waals surface area contributed by atoms with Crippen LogP contribution in [0.2, 0.25) is 0 Å². The van der Waals surface area contributed by atoms with Crippen LogP contribution in [-0.2, 0) is 6.54 Å².